The van der Waals surface area contributed by atoms with Gasteiger partial charge in [0.2, 0.25) is 0 Å². The van der Waals surface area contributed by atoms with Gasteiger partial charge in [0, 0.05) is 38.6 Å². The van der Waals surface area contributed by atoms with Crippen LogP contribution in [0.2, 0.25) is 0 Å². The highest BCUT2D eigenvalue weighted by molar-refractivity contribution is 5.48. The van der Waals surface area contributed by atoms with Crippen LogP contribution < -0.4 is 15.5 Å². The molecule has 3 heterocycles. The second kappa shape index (κ2) is 7.87. The van der Waals surface area contributed by atoms with Gasteiger partial charge in [-0.05, 0) is 43.5 Å². The van der Waals surface area contributed by atoms with Crippen LogP contribution in [0.3, 0.4) is 0 Å². The normalized spacial score (nSPS) is 15.3. The van der Waals surface area contributed by atoms with E-state index in [9.17, 15) is 0 Å². The van der Waals surface area contributed by atoms with Gasteiger partial charge in [-0.15, -0.1) is 0 Å². The van der Waals surface area contributed by atoms with Crippen molar-refractivity contribution >= 4 is 11.6 Å². The Kier molecular flexibility index (Phi) is 5.37. The highest BCUT2D eigenvalue weighted by Crippen LogP contribution is 2.18. The molecule has 0 saturated carbocycles. The van der Waals surface area contributed by atoms with E-state index in [1.165, 1.54) is 12.8 Å². The summed E-state index contributed by atoms with van der Waals surface area (Å²) in [5.74, 6) is 2.55. The molecule has 122 valence electrons. The lowest BCUT2D eigenvalue weighted by Gasteiger charge is -2.28. The third kappa shape index (κ3) is 4.63. The smallest absolute Gasteiger partial charge is 0.133 e. The van der Waals surface area contributed by atoms with Gasteiger partial charge in [0.1, 0.15) is 18.0 Å². The number of pyridine rings is 1. The van der Waals surface area contributed by atoms with Crippen LogP contribution in [0.5, 0.6) is 0 Å². The van der Waals surface area contributed by atoms with E-state index in [1.807, 2.05) is 24.4 Å². The Labute approximate surface area is 137 Å². The highest BCUT2D eigenvalue weighted by Gasteiger charge is 2.16. The fourth-order valence-corrected chi connectivity index (χ4v) is 2.89. The molecule has 0 spiro atoms. The molecule has 0 radical (unpaired) electrons. The zero-order valence-electron chi connectivity index (χ0n) is 13.6. The second-order valence-electron chi connectivity index (χ2n) is 6.05. The van der Waals surface area contributed by atoms with E-state index in [0.717, 1.165) is 42.8 Å². The van der Waals surface area contributed by atoms with E-state index < -0.39 is 0 Å². The Morgan fingerprint density at radius 1 is 1.30 bits per heavy atom. The number of anilines is 2. The van der Waals surface area contributed by atoms with Gasteiger partial charge in [0.15, 0.2) is 0 Å². The van der Waals surface area contributed by atoms with Gasteiger partial charge in [-0.3, -0.25) is 4.98 Å². The zero-order chi connectivity index (χ0) is 15.9. The first-order valence-corrected chi connectivity index (χ1v) is 8.18. The van der Waals surface area contributed by atoms with Gasteiger partial charge in [0.25, 0.3) is 0 Å². The van der Waals surface area contributed by atoms with Crippen LogP contribution in [0.4, 0.5) is 11.6 Å². The van der Waals surface area contributed by atoms with Crippen LogP contribution in [0.1, 0.15) is 18.4 Å². The van der Waals surface area contributed by atoms with Crippen molar-refractivity contribution in [1.82, 2.24) is 20.3 Å². The van der Waals surface area contributed by atoms with Crippen molar-refractivity contribution in [3.63, 3.8) is 0 Å². The molecule has 2 N–H and O–H groups in total. The largest absolute Gasteiger partial charge is 0.366 e. The van der Waals surface area contributed by atoms with E-state index in [4.69, 9.17) is 0 Å². The Morgan fingerprint density at radius 3 is 2.96 bits per heavy atom. The molecule has 0 atom stereocenters. The summed E-state index contributed by atoms with van der Waals surface area (Å²) < 4.78 is 0. The van der Waals surface area contributed by atoms with Crippen LogP contribution in [0, 0.1) is 5.92 Å². The average Bonchev–Trinajstić information content (AvgIpc) is 2.62. The van der Waals surface area contributed by atoms with Gasteiger partial charge in [-0.1, -0.05) is 6.07 Å². The monoisotopic (exact) mass is 312 g/mol. The molecular weight excluding hydrogens is 288 g/mol. The van der Waals surface area contributed by atoms with Crippen molar-refractivity contribution < 1.29 is 0 Å². The molecule has 6 heteroatoms. The molecule has 2 aromatic heterocycles. The van der Waals surface area contributed by atoms with Gasteiger partial charge < -0.3 is 15.5 Å². The zero-order valence-corrected chi connectivity index (χ0v) is 13.6. The molecule has 0 aromatic carbocycles. The maximum Gasteiger partial charge on any atom is 0.133 e. The first-order valence-electron chi connectivity index (χ1n) is 8.18. The van der Waals surface area contributed by atoms with Crippen molar-refractivity contribution in [1.29, 1.82) is 0 Å². The molecule has 23 heavy (non-hydrogen) atoms. The van der Waals surface area contributed by atoms with E-state index in [-0.39, 0.29) is 0 Å². The summed E-state index contributed by atoms with van der Waals surface area (Å²) in [6.45, 7) is 4.00. The minimum absolute atomic E-state index is 0.711. The molecule has 2 aromatic rings. The highest BCUT2D eigenvalue weighted by atomic mass is 15.2. The lowest BCUT2D eigenvalue weighted by Crippen LogP contribution is -2.34. The topological polar surface area (TPSA) is 66.0 Å². The molecule has 6 nitrogen and oxygen atoms in total. The van der Waals surface area contributed by atoms with Crippen molar-refractivity contribution in [2.75, 3.05) is 36.9 Å². The summed E-state index contributed by atoms with van der Waals surface area (Å²) in [5, 5.41) is 6.74. The molecule has 1 aliphatic heterocycles. The fourth-order valence-electron chi connectivity index (χ4n) is 2.89. The summed E-state index contributed by atoms with van der Waals surface area (Å²) in [6.07, 6.45) is 7.74. The SMILES string of the molecule is CN(CC1CCNCC1)c1cc(NCc2cccnc2)ncn1. The Balaban J connectivity index is 1.57. The third-order valence-corrected chi connectivity index (χ3v) is 4.23. The van der Waals surface area contributed by atoms with Gasteiger partial charge in [-0.2, -0.15) is 0 Å². The van der Waals surface area contributed by atoms with E-state index in [2.05, 4.69) is 37.5 Å². The number of rotatable bonds is 6. The predicted molar refractivity (Wildman–Crippen MR) is 92.5 cm³/mol. The number of aromatic nitrogens is 3. The van der Waals surface area contributed by atoms with Crippen LogP contribution in [0.25, 0.3) is 0 Å². The number of hydrogen-bond donors (Lipinski definition) is 2. The van der Waals surface area contributed by atoms with Crippen LogP contribution in [-0.2, 0) is 6.54 Å². The fraction of sp³-hybridized carbons (Fsp3) is 0.471. The van der Waals surface area contributed by atoms with Crippen molar-refractivity contribution in [2.45, 2.75) is 19.4 Å². The molecule has 1 saturated heterocycles. The predicted octanol–water partition coefficient (Wildman–Crippen LogP) is 1.92. The number of nitrogens with one attached hydrogen (secondary N) is 2. The standard InChI is InChI=1S/C17H24N6/c1-23(12-14-4-7-18-8-5-14)17-9-16(21-13-22-17)20-11-15-3-2-6-19-10-15/h2-3,6,9-10,13-14,18H,4-5,7-8,11-12H2,1H3,(H,20,21,22). The van der Waals surface area contributed by atoms with Crippen molar-refractivity contribution in [3.05, 3.63) is 42.5 Å². The summed E-state index contributed by atoms with van der Waals surface area (Å²) in [6, 6.07) is 6.00. The summed E-state index contributed by atoms with van der Waals surface area (Å²) in [4.78, 5) is 15.1. The van der Waals surface area contributed by atoms with Gasteiger partial charge >= 0.3 is 0 Å². The van der Waals surface area contributed by atoms with Crippen molar-refractivity contribution in [3.8, 4) is 0 Å². The molecule has 0 amide bonds. The van der Waals surface area contributed by atoms with E-state index in [0.29, 0.717) is 6.54 Å². The quantitative estimate of drug-likeness (QED) is 0.849. The summed E-state index contributed by atoms with van der Waals surface area (Å²) in [7, 11) is 2.11. The van der Waals surface area contributed by atoms with Crippen LogP contribution >= 0.6 is 0 Å². The van der Waals surface area contributed by atoms with Crippen LogP contribution in [-0.4, -0.2) is 41.6 Å². The summed E-state index contributed by atoms with van der Waals surface area (Å²) >= 11 is 0. The van der Waals surface area contributed by atoms with Crippen molar-refractivity contribution in [2.24, 2.45) is 5.92 Å². The van der Waals surface area contributed by atoms with E-state index in [1.54, 1.807) is 12.5 Å². The Morgan fingerprint density at radius 2 is 2.17 bits per heavy atom. The Bertz CT molecular complexity index is 597. The molecule has 0 unspecified atom stereocenters. The molecule has 3 rings (SSSR count). The first-order chi connectivity index (χ1) is 11.3. The molecule has 0 aliphatic carbocycles. The van der Waals surface area contributed by atoms with Crippen LogP contribution in [0.15, 0.2) is 36.9 Å². The van der Waals surface area contributed by atoms with Gasteiger partial charge in [0.05, 0.1) is 0 Å². The Hall–Kier alpha value is -2.21. The lowest BCUT2D eigenvalue weighted by atomic mass is 9.98. The maximum absolute atomic E-state index is 4.41. The second-order valence-corrected chi connectivity index (χ2v) is 6.05. The molecule has 1 aliphatic rings. The minimum Gasteiger partial charge on any atom is -0.366 e. The minimum atomic E-state index is 0.711. The molecular formula is C17H24N6. The average molecular weight is 312 g/mol. The summed E-state index contributed by atoms with van der Waals surface area (Å²) in [5.41, 5.74) is 1.13. The van der Waals surface area contributed by atoms with Gasteiger partial charge in [-0.25, -0.2) is 9.97 Å². The van der Waals surface area contributed by atoms with E-state index >= 15 is 0 Å². The number of piperidine rings is 1. The lowest BCUT2D eigenvalue weighted by molar-refractivity contribution is 0.377. The maximum atomic E-state index is 4.41. The number of nitrogens with zero attached hydrogens (tertiary/aromatic N) is 4. The molecule has 0 bridgehead atoms. The first kappa shape index (κ1) is 15.7. The molecule has 1 fully saturated rings. The third-order valence-electron chi connectivity index (χ3n) is 4.23. The number of hydrogen-bond acceptors (Lipinski definition) is 6.